The van der Waals surface area contributed by atoms with E-state index in [2.05, 4.69) is 21.1 Å². The number of benzene rings is 2. The van der Waals surface area contributed by atoms with Crippen molar-refractivity contribution in [2.24, 2.45) is 5.16 Å². The van der Waals surface area contributed by atoms with Crippen LogP contribution in [0.4, 0.5) is 0 Å². The summed E-state index contributed by atoms with van der Waals surface area (Å²) in [6, 6.07) is 9.23. The molecule has 0 unspecified atom stereocenters. The molecule has 0 saturated heterocycles. The predicted octanol–water partition coefficient (Wildman–Crippen LogP) is 4.99. The first-order valence-electron chi connectivity index (χ1n) is 7.00. The van der Waals surface area contributed by atoms with Crippen molar-refractivity contribution in [3.63, 3.8) is 0 Å². The fourth-order valence-electron chi connectivity index (χ4n) is 2.08. The lowest BCUT2D eigenvalue weighted by molar-refractivity contribution is 0.216. The van der Waals surface area contributed by atoms with E-state index < -0.39 is 0 Å². The molecule has 0 fully saturated rings. The predicted molar refractivity (Wildman–Crippen MR) is 95.4 cm³/mol. The Hall–Kier alpha value is -1.72. The van der Waals surface area contributed by atoms with Crippen molar-refractivity contribution in [3.05, 3.63) is 56.5 Å². The molecule has 2 aromatic rings. The Morgan fingerprint density at radius 2 is 1.78 bits per heavy atom. The summed E-state index contributed by atoms with van der Waals surface area (Å²) in [7, 11) is 0. The molecule has 0 aliphatic heterocycles. The zero-order valence-electron chi connectivity index (χ0n) is 12.8. The van der Waals surface area contributed by atoms with E-state index in [4.69, 9.17) is 26.3 Å². The minimum Gasteiger partial charge on any atom is -0.490 e. The average Bonchev–Trinajstić information content (AvgIpc) is 2.51. The molecule has 0 heterocycles. The second kappa shape index (κ2) is 8.22. The maximum atomic E-state index is 8.52. The highest BCUT2D eigenvalue weighted by molar-refractivity contribution is 9.10. The van der Waals surface area contributed by atoms with Gasteiger partial charge in [-0.2, -0.15) is 0 Å². The largest absolute Gasteiger partial charge is 0.490 e. The molecule has 6 heteroatoms. The molecule has 0 spiro atoms. The molecule has 0 atom stereocenters. The number of nitrogens with zero attached hydrogens (tertiary/aromatic N) is 1. The number of rotatable bonds is 6. The van der Waals surface area contributed by atoms with Crippen LogP contribution in [0.2, 0.25) is 5.02 Å². The normalized spacial score (nSPS) is 11.0. The Bertz CT molecular complexity index is 696. The quantitative estimate of drug-likeness (QED) is 0.323. The highest BCUT2D eigenvalue weighted by atomic mass is 79.9. The Morgan fingerprint density at radius 3 is 2.39 bits per heavy atom. The molecule has 2 aromatic carbocycles. The number of hydrogen-bond acceptors (Lipinski definition) is 4. The van der Waals surface area contributed by atoms with E-state index in [1.54, 1.807) is 12.1 Å². The van der Waals surface area contributed by atoms with Gasteiger partial charge in [0.2, 0.25) is 0 Å². The van der Waals surface area contributed by atoms with Crippen LogP contribution >= 0.6 is 27.5 Å². The number of halogens is 2. The van der Waals surface area contributed by atoms with E-state index in [-0.39, 0.29) is 0 Å². The molecule has 1 N–H and O–H groups in total. The first-order valence-corrected chi connectivity index (χ1v) is 8.17. The highest BCUT2D eigenvalue weighted by Gasteiger charge is 2.05. The van der Waals surface area contributed by atoms with Gasteiger partial charge in [-0.25, -0.2) is 0 Å². The SMILES string of the molecule is Cc1cc(OCCOc2ccc(C=NO)cc2Br)cc(C)c1Cl. The van der Waals surface area contributed by atoms with Gasteiger partial charge in [-0.3, -0.25) is 0 Å². The lowest BCUT2D eigenvalue weighted by Gasteiger charge is -2.12. The molecular weight excluding hydrogens is 382 g/mol. The van der Waals surface area contributed by atoms with Crippen molar-refractivity contribution in [3.8, 4) is 11.5 Å². The topological polar surface area (TPSA) is 51.0 Å². The zero-order valence-corrected chi connectivity index (χ0v) is 15.2. The van der Waals surface area contributed by atoms with Gasteiger partial charge in [0, 0.05) is 5.02 Å². The summed E-state index contributed by atoms with van der Waals surface area (Å²) < 4.78 is 12.1. The number of aryl methyl sites for hydroxylation is 2. The maximum absolute atomic E-state index is 8.52. The second-order valence-corrected chi connectivity index (χ2v) is 6.23. The Morgan fingerprint density at radius 1 is 1.13 bits per heavy atom. The molecule has 0 aromatic heterocycles. The molecule has 2 rings (SSSR count). The van der Waals surface area contributed by atoms with Crippen molar-refractivity contribution in [1.29, 1.82) is 0 Å². The molecule has 4 nitrogen and oxygen atoms in total. The minimum absolute atomic E-state index is 0.409. The molecule has 23 heavy (non-hydrogen) atoms. The molecule has 0 radical (unpaired) electrons. The van der Waals surface area contributed by atoms with Crippen LogP contribution in [-0.4, -0.2) is 24.6 Å². The summed E-state index contributed by atoms with van der Waals surface area (Å²) in [4.78, 5) is 0. The third kappa shape index (κ3) is 4.88. The van der Waals surface area contributed by atoms with Gasteiger partial charge < -0.3 is 14.7 Å². The summed E-state index contributed by atoms with van der Waals surface area (Å²) in [5, 5.41) is 12.3. The number of hydrogen-bond donors (Lipinski definition) is 1. The van der Waals surface area contributed by atoms with Crippen molar-refractivity contribution in [2.45, 2.75) is 13.8 Å². The fraction of sp³-hybridized carbons (Fsp3) is 0.235. The third-order valence-electron chi connectivity index (χ3n) is 3.18. The summed E-state index contributed by atoms with van der Waals surface area (Å²) in [6.45, 7) is 4.74. The summed E-state index contributed by atoms with van der Waals surface area (Å²) >= 11 is 9.55. The monoisotopic (exact) mass is 397 g/mol. The summed E-state index contributed by atoms with van der Waals surface area (Å²) in [5.41, 5.74) is 2.76. The van der Waals surface area contributed by atoms with Crippen molar-refractivity contribution < 1.29 is 14.7 Å². The second-order valence-electron chi connectivity index (χ2n) is 5.00. The minimum atomic E-state index is 0.409. The van der Waals surface area contributed by atoms with E-state index in [9.17, 15) is 0 Å². The Balaban J connectivity index is 1.88. The van der Waals surface area contributed by atoms with E-state index in [0.29, 0.717) is 19.0 Å². The number of ether oxygens (including phenoxy) is 2. The van der Waals surface area contributed by atoms with E-state index >= 15 is 0 Å². The average molecular weight is 399 g/mol. The lowest BCUT2D eigenvalue weighted by atomic mass is 10.1. The molecular formula is C17H17BrClNO3. The van der Waals surface area contributed by atoms with Gasteiger partial charge in [-0.15, -0.1) is 0 Å². The van der Waals surface area contributed by atoms with Crippen LogP contribution < -0.4 is 9.47 Å². The van der Waals surface area contributed by atoms with Gasteiger partial charge >= 0.3 is 0 Å². The van der Waals surface area contributed by atoms with Crippen LogP contribution in [0.25, 0.3) is 0 Å². The van der Waals surface area contributed by atoms with Crippen LogP contribution in [0.3, 0.4) is 0 Å². The van der Waals surface area contributed by atoms with Gasteiger partial charge in [0.15, 0.2) is 0 Å². The fourth-order valence-corrected chi connectivity index (χ4v) is 2.70. The van der Waals surface area contributed by atoms with Crippen molar-refractivity contribution >= 4 is 33.7 Å². The van der Waals surface area contributed by atoms with Gasteiger partial charge in [-0.1, -0.05) is 16.8 Å². The van der Waals surface area contributed by atoms with Crippen LogP contribution in [0.15, 0.2) is 40.0 Å². The van der Waals surface area contributed by atoms with Crippen molar-refractivity contribution in [1.82, 2.24) is 0 Å². The Labute approximate surface area is 148 Å². The molecule has 0 bridgehead atoms. The van der Waals surface area contributed by atoms with Gasteiger partial charge in [0.25, 0.3) is 0 Å². The van der Waals surface area contributed by atoms with E-state index in [1.807, 2.05) is 32.0 Å². The molecule has 0 aliphatic carbocycles. The highest BCUT2D eigenvalue weighted by Crippen LogP contribution is 2.27. The smallest absolute Gasteiger partial charge is 0.133 e. The maximum Gasteiger partial charge on any atom is 0.133 e. The van der Waals surface area contributed by atoms with Crippen LogP contribution in [0, 0.1) is 13.8 Å². The van der Waals surface area contributed by atoms with Crippen LogP contribution in [0.5, 0.6) is 11.5 Å². The molecule has 0 aliphatic rings. The van der Waals surface area contributed by atoms with Crippen LogP contribution in [0.1, 0.15) is 16.7 Å². The van der Waals surface area contributed by atoms with Gasteiger partial charge in [0.1, 0.15) is 24.7 Å². The first kappa shape index (κ1) is 17.6. The van der Waals surface area contributed by atoms with Gasteiger partial charge in [0.05, 0.1) is 10.7 Å². The van der Waals surface area contributed by atoms with Crippen LogP contribution in [-0.2, 0) is 0 Å². The number of oxime groups is 1. The molecule has 0 amide bonds. The molecule has 0 saturated carbocycles. The summed E-state index contributed by atoms with van der Waals surface area (Å²) in [5.74, 6) is 1.48. The molecule has 122 valence electrons. The lowest BCUT2D eigenvalue weighted by Crippen LogP contribution is -2.09. The zero-order chi connectivity index (χ0) is 16.8. The van der Waals surface area contributed by atoms with E-state index in [1.165, 1.54) is 6.21 Å². The Kier molecular flexibility index (Phi) is 6.30. The third-order valence-corrected chi connectivity index (χ3v) is 4.40. The summed E-state index contributed by atoms with van der Waals surface area (Å²) in [6.07, 6.45) is 1.35. The van der Waals surface area contributed by atoms with Crippen molar-refractivity contribution in [2.75, 3.05) is 13.2 Å². The van der Waals surface area contributed by atoms with E-state index in [0.717, 1.165) is 31.9 Å². The standard InChI is InChI=1S/C17H17BrClNO3/c1-11-7-14(8-12(2)17(11)19)22-5-6-23-16-4-3-13(10-20-21)9-15(16)18/h3-4,7-10,21H,5-6H2,1-2H3. The first-order chi connectivity index (χ1) is 11.0. The van der Waals surface area contributed by atoms with Gasteiger partial charge in [-0.05, 0) is 76.8 Å².